The summed E-state index contributed by atoms with van der Waals surface area (Å²) in [5.41, 5.74) is 10.7. The molecule has 6 aliphatic heterocycles. The number of carbonyl (C=O) groups excluding carboxylic acids is 3. The average molecular weight is 1020 g/mol. The first-order valence-electron chi connectivity index (χ1n) is 27.2. The number of carbonyl (C=O) groups is 3. The zero-order valence-electron chi connectivity index (χ0n) is 43.4. The quantitative estimate of drug-likeness (QED) is 0.149. The standard InChI is InChI=1S/C55H75N9O8S/c1-34-27-46(72-34)51(65)58-48-50(62-16-6-7-17-62)52-57-44(32-73-52)36-10-13-45-40(28-36)42(30-55(3,4)33-71-54(67)43-9-8-18-64(59-43)53(48)66)49(63(45)23-26-70-39-14-24-69-25-15-39)41-29-38(31-56-47(41)35(2)68-5)61-21-19-60(20-22-61)37-11-12-37/h10,13,28-29,31-32,34-35,37,39,43,46,48,50,59H,6-9,11-12,14-27,30,33H2,1-5H3,(H,58,65)/t34-,35+,43+,46+,48+,50+/m1/s1. The number of amides is 2. The van der Waals surface area contributed by atoms with Gasteiger partial charge in [0.05, 0.1) is 66.5 Å². The van der Waals surface area contributed by atoms with Crippen molar-refractivity contribution in [1.82, 2.24) is 40.1 Å². The molecule has 0 unspecified atom stereocenters. The number of piperazine rings is 1. The number of aromatic nitrogens is 3. The number of fused-ring (bicyclic) bond motifs is 6. The number of nitrogens with zero attached hydrogens (tertiary/aromatic N) is 7. The summed E-state index contributed by atoms with van der Waals surface area (Å²) < 4.78 is 33.1. The third kappa shape index (κ3) is 10.8. The fourth-order valence-corrected chi connectivity index (χ4v) is 13.0. The summed E-state index contributed by atoms with van der Waals surface area (Å²) in [7, 11) is 1.74. The van der Waals surface area contributed by atoms with Gasteiger partial charge in [-0.3, -0.25) is 34.2 Å². The highest BCUT2D eigenvalue weighted by Gasteiger charge is 2.45. The van der Waals surface area contributed by atoms with Crippen LogP contribution in [-0.4, -0.2) is 163 Å². The summed E-state index contributed by atoms with van der Waals surface area (Å²) in [6.07, 6.45) is 9.72. The summed E-state index contributed by atoms with van der Waals surface area (Å²) in [5, 5.41) is 8.61. The smallest absolute Gasteiger partial charge is 0.324 e. The van der Waals surface area contributed by atoms with Gasteiger partial charge in [-0.15, -0.1) is 11.3 Å². The van der Waals surface area contributed by atoms with Crippen LogP contribution in [0.4, 0.5) is 5.69 Å². The number of hydrogen-bond acceptors (Lipinski definition) is 15. The van der Waals surface area contributed by atoms with E-state index in [1.54, 1.807) is 7.11 Å². The molecular weight excluding hydrogens is 947 g/mol. The molecule has 9 heterocycles. The SMILES string of the molecule is CO[C@@H](C)c1ncc(N2CCN(C3CC3)CC2)cc1-c1c2c3cc(ccc3n1CCOC1CCOCC1)-c1csc(n1)[C@@H](N1CCCC1)[C@H](NC(=O)[C@@H]1C[C@@H](C)O1)C(=O)N1CCC[C@H](N1)C(=O)OCC(C)(C)C2. The second-order valence-electron chi connectivity index (χ2n) is 22.3. The topological polar surface area (TPSA) is 165 Å². The van der Waals surface area contributed by atoms with Gasteiger partial charge in [0.1, 0.15) is 23.2 Å². The average Bonchev–Trinajstić information content (AvgIpc) is 3.74. The minimum Gasteiger partial charge on any atom is -0.464 e. The van der Waals surface area contributed by atoms with Gasteiger partial charge in [-0.1, -0.05) is 19.9 Å². The van der Waals surface area contributed by atoms with E-state index in [-0.39, 0.29) is 36.7 Å². The van der Waals surface area contributed by atoms with E-state index in [0.29, 0.717) is 58.6 Å². The largest absolute Gasteiger partial charge is 0.464 e. The van der Waals surface area contributed by atoms with Crippen LogP contribution in [0.3, 0.4) is 0 Å². The fraction of sp³-hybridized carbons (Fsp3) is 0.655. The number of anilines is 1. The number of methoxy groups -OCH3 is 1. The number of esters is 1. The normalized spacial score (nSPS) is 27.2. The van der Waals surface area contributed by atoms with Crippen molar-refractivity contribution < 1.29 is 38.1 Å². The molecule has 394 valence electrons. The third-order valence-corrected chi connectivity index (χ3v) is 17.3. The van der Waals surface area contributed by atoms with Gasteiger partial charge in [-0.25, -0.2) is 10.4 Å². The number of cyclic esters (lactones) is 1. The van der Waals surface area contributed by atoms with E-state index in [0.717, 1.165) is 126 Å². The molecule has 6 fully saturated rings. The van der Waals surface area contributed by atoms with E-state index in [4.69, 9.17) is 33.7 Å². The van der Waals surface area contributed by atoms with Crippen molar-refractivity contribution in [2.24, 2.45) is 5.41 Å². The highest BCUT2D eigenvalue weighted by atomic mass is 32.1. The number of thiazole rings is 1. The Morgan fingerprint density at radius 1 is 0.986 bits per heavy atom. The Morgan fingerprint density at radius 3 is 2.51 bits per heavy atom. The maximum atomic E-state index is 15.0. The Morgan fingerprint density at radius 2 is 1.77 bits per heavy atom. The lowest BCUT2D eigenvalue weighted by atomic mass is 9.84. The number of hydrazine groups is 1. The van der Waals surface area contributed by atoms with E-state index in [1.165, 1.54) is 29.2 Å². The van der Waals surface area contributed by atoms with Crippen LogP contribution in [0.1, 0.15) is 114 Å². The minimum absolute atomic E-state index is 0.0277. The van der Waals surface area contributed by atoms with Gasteiger partial charge in [-0.2, -0.15) is 0 Å². The van der Waals surface area contributed by atoms with Crippen LogP contribution in [0, 0.1) is 5.41 Å². The summed E-state index contributed by atoms with van der Waals surface area (Å²) in [6.45, 7) is 16.8. The molecule has 3 aromatic heterocycles. The molecule has 17 nitrogen and oxygen atoms in total. The van der Waals surface area contributed by atoms with Gasteiger partial charge >= 0.3 is 5.97 Å². The lowest BCUT2D eigenvalue weighted by Gasteiger charge is -2.40. The molecule has 5 saturated heterocycles. The third-order valence-electron chi connectivity index (χ3n) is 16.4. The van der Waals surface area contributed by atoms with Crippen LogP contribution in [0.2, 0.25) is 0 Å². The lowest BCUT2D eigenvalue weighted by molar-refractivity contribution is -0.163. The maximum absolute atomic E-state index is 15.0. The summed E-state index contributed by atoms with van der Waals surface area (Å²) in [4.78, 5) is 61.4. The van der Waals surface area contributed by atoms with Gasteiger partial charge < -0.3 is 38.5 Å². The van der Waals surface area contributed by atoms with E-state index in [1.807, 2.05) is 13.1 Å². The summed E-state index contributed by atoms with van der Waals surface area (Å²) in [6, 6.07) is 7.42. The lowest BCUT2D eigenvalue weighted by Crippen LogP contribution is -2.63. The van der Waals surface area contributed by atoms with Gasteiger partial charge in [0.25, 0.3) is 5.91 Å². The zero-order chi connectivity index (χ0) is 50.4. The molecular formula is C55H75N9O8S. The minimum atomic E-state index is -0.992. The van der Waals surface area contributed by atoms with Crippen molar-refractivity contribution in [1.29, 1.82) is 0 Å². The number of ether oxygens (including phenoxy) is 5. The van der Waals surface area contributed by atoms with Gasteiger partial charge in [-0.05, 0) is 108 Å². The molecule has 6 atom stereocenters. The Labute approximate surface area is 433 Å². The Kier molecular flexibility index (Phi) is 15.0. The van der Waals surface area contributed by atoms with E-state index < -0.39 is 35.6 Å². The van der Waals surface area contributed by atoms with Gasteiger partial charge in [0.15, 0.2) is 0 Å². The first-order chi connectivity index (χ1) is 35.4. The Bertz CT molecular complexity index is 2630. The molecule has 4 aromatic rings. The maximum Gasteiger partial charge on any atom is 0.324 e. The number of nitrogens with one attached hydrogen (secondary N) is 2. The highest BCUT2D eigenvalue weighted by Crippen LogP contribution is 2.44. The highest BCUT2D eigenvalue weighted by molar-refractivity contribution is 7.10. The first-order valence-corrected chi connectivity index (χ1v) is 28.1. The number of rotatable bonds is 12. The number of likely N-dealkylation sites (tertiary alicyclic amines) is 1. The second-order valence-corrected chi connectivity index (χ2v) is 23.2. The van der Waals surface area contributed by atoms with Gasteiger partial charge in [0, 0.05) is 105 Å². The van der Waals surface area contributed by atoms with Crippen molar-refractivity contribution in [3.05, 3.63) is 52.1 Å². The zero-order valence-corrected chi connectivity index (χ0v) is 44.3. The molecule has 1 aliphatic carbocycles. The first kappa shape index (κ1) is 50.6. The van der Waals surface area contributed by atoms with E-state index in [9.17, 15) is 9.59 Å². The molecule has 1 saturated carbocycles. The number of benzene rings is 1. The van der Waals surface area contributed by atoms with Crippen LogP contribution in [0.5, 0.6) is 0 Å². The predicted octanol–water partition coefficient (Wildman–Crippen LogP) is 6.43. The van der Waals surface area contributed by atoms with Crippen LogP contribution in [-0.2, 0) is 51.0 Å². The van der Waals surface area contributed by atoms with E-state index in [2.05, 4.69) is 80.4 Å². The fourth-order valence-electron chi connectivity index (χ4n) is 12.0. The molecule has 2 amide bonds. The second kappa shape index (κ2) is 21.6. The Balaban J connectivity index is 1.06. The molecule has 7 aliphatic rings. The van der Waals surface area contributed by atoms with Gasteiger partial charge in [0.2, 0.25) is 5.91 Å². The molecule has 18 heteroatoms. The van der Waals surface area contributed by atoms with Crippen molar-refractivity contribution >= 4 is 45.7 Å². The van der Waals surface area contributed by atoms with Crippen molar-refractivity contribution in [2.45, 2.75) is 147 Å². The van der Waals surface area contributed by atoms with Crippen molar-refractivity contribution in [3.63, 3.8) is 0 Å². The summed E-state index contributed by atoms with van der Waals surface area (Å²) >= 11 is 1.52. The van der Waals surface area contributed by atoms with Crippen LogP contribution in [0.15, 0.2) is 35.8 Å². The molecule has 1 aromatic carbocycles. The molecule has 6 bridgehead atoms. The molecule has 0 radical (unpaired) electrons. The molecule has 0 spiro atoms. The monoisotopic (exact) mass is 1020 g/mol. The van der Waals surface area contributed by atoms with Crippen molar-refractivity contribution in [2.75, 3.05) is 84.3 Å². The predicted molar refractivity (Wildman–Crippen MR) is 279 cm³/mol. The Hall–Kier alpha value is -4.53. The van der Waals surface area contributed by atoms with Crippen LogP contribution >= 0.6 is 11.3 Å². The number of pyridine rings is 1. The molecule has 2 N–H and O–H groups in total. The molecule has 11 rings (SSSR count). The number of hydrogen-bond donors (Lipinski definition) is 2. The van der Waals surface area contributed by atoms with Crippen molar-refractivity contribution in [3.8, 4) is 22.5 Å². The van der Waals surface area contributed by atoms with E-state index >= 15 is 4.79 Å². The van der Waals surface area contributed by atoms with Crippen LogP contribution in [0.25, 0.3) is 33.4 Å². The molecule has 73 heavy (non-hydrogen) atoms. The summed E-state index contributed by atoms with van der Waals surface area (Å²) in [5.74, 6) is -1.03. The van der Waals surface area contributed by atoms with Crippen LogP contribution < -0.4 is 15.6 Å².